The molecule has 1 aromatic carbocycles. The summed E-state index contributed by atoms with van der Waals surface area (Å²) in [7, 11) is 0. The van der Waals surface area contributed by atoms with Gasteiger partial charge in [0.25, 0.3) is 0 Å². The number of carboxylic acid groups (broad SMARTS) is 1. The molecule has 4 nitrogen and oxygen atoms in total. The average Bonchev–Trinajstić information content (AvgIpc) is 2.13. The monoisotopic (exact) mass is 212 g/mol. The molecule has 0 atom stereocenters. The maximum absolute atomic E-state index is 9.70. The molecule has 0 saturated heterocycles. The van der Waals surface area contributed by atoms with E-state index in [1.54, 1.807) is 19.9 Å². The number of phenols is 2. The second kappa shape index (κ2) is 5.90. The predicted molar refractivity (Wildman–Crippen MR) is 57.0 cm³/mol. The molecule has 0 spiro atoms. The highest BCUT2D eigenvalue weighted by Gasteiger charge is 1.99. The van der Waals surface area contributed by atoms with Crippen LogP contribution in [-0.4, -0.2) is 21.3 Å². The number of carbonyl (C=O) groups is 1. The van der Waals surface area contributed by atoms with Crippen LogP contribution < -0.4 is 0 Å². The summed E-state index contributed by atoms with van der Waals surface area (Å²) < 4.78 is 0. The van der Waals surface area contributed by atoms with Crippen molar-refractivity contribution < 1.29 is 20.1 Å². The van der Waals surface area contributed by atoms with Crippen molar-refractivity contribution in [2.75, 3.05) is 0 Å². The van der Waals surface area contributed by atoms with Crippen LogP contribution in [0, 0.1) is 12.8 Å². The van der Waals surface area contributed by atoms with Gasteiger partial charge in [0.05, 0.1) is 5.92 Å². The van der Waals surface area contributed by atoms with E-state index in [2.05, 4.69) is 0 Å². The molecule has 15 heavy (non-hydrogen) atoms. The van der Waals surface area contributed by atoms with Crippen molar-refractivity contribution >= 4 is 5.97 Å². The number of aryl methyl sites for hydroxylation is 1. The second-order valence-corrected chi connectivity index (χ2v) is 3.49. The molecule has 0 aliphatic heterocycles. The summed E-state index contributed by atoms with van der Waals surface area (Å²) in [5, 5.41) is 25.6. The van der Waals surface area contributed by atoms with Crippen molar-refractivity contribution in [3.8, 4) is 11.5 Å². The van der Waals surface area contributed by atoms with Crippen LogP contribution >= 0.6 is 0 Å². The first-order valence-corrected chi connectivity index (χ1v) is 4.56. The van der Waals surface area contributed by atoms with E-state index >= 15 is 0 Å². The Kier molecular flexibility index (Phi) is 5.23. The Bertz CT molecular complexity index is 331. The fraction of sp³-hybridized carbons (Fsp3) is 0.364. The van der Waals surface area contributed by atoms with Gasteiger partial charge in [0, 0.05) is 0 Å². The zero-order valence-corrected chi connectivity index (χ0v) is 9.06. The molecule has 0 amide bonds. The molecule has 0 aliphatic carbocycles. The molecule has 0 aromatic heterocycles. The van der Waals surface area contributed by atoms with Gasteiger partial charge in [-0.2, -0.15) is 0 Å². The Balaban J connectivity index is 0.000000288. The van der Waals surface area contributed by atoms with Gasteiger partial charge in [-0.3, -0.25) is 4.79 Å². The quantitative estimate of drug-likeness (QED) is 0.623. The van der Waals surface area contributed by atoms with E-state index in [0.29, 0.717) is 0 Å². The van der Waals surface area contributed by atoms with Gasteiger partial charge in [0.15, 0.2) is 11.5 Å². The molecule has 4 heteroatoms. The number of rotatable bonds is 1. The lowest BCUT2D eigenvalue weighted by molar-refractivity contribution is -0.140. The second-order valence-electron chi connectivity index (χ2n) is 3.49. The Morgan fingerprint density at radius 2 is 1.67 bits per heavy atom. The average molecular weight is 212 g/mol. The Labute approximate surface area is 88.8 Å². The van der Waals surface area contributed by atoms with E-state index in [-0.39, 0.29) is 17.4 Å². The molecule has 0 saturated carbocycles. The van der Waals surface area contributed by atoms with Crippen molar-refractivity contribution in [2.45, 2.75) is 20.8 Å². The molecule has 0 radical (unpaired) electrons. The molecular formula is C11H16O4. The van der Waals surface area contributed by atoms with Crippen molar-refractivity contribution in [3.05, 3.63) is 23.8 Å². The third kappa shape index (κ3) is 5.57. The predicted octanol–water partition coefficient (Wildman–Crippen LogP) is 2.13. The summed E-state index contributed by atoms with van der Waals surface area (Å²) in [4.78, 5) is 9.70. The fourth-order valence-corrected chi connectivity index (χ4v) is 0.633. The first-order chi connectivity index (χ1) is 6.84. The smallest absolute Gasteiger partial charge is 0.305 e. The van der Waals surface area contributed by atoms with E-state index in [1.807, 2.05) is 6.92 Å². The lowest BCUT2D eigenvalue weighted by atomic mass is 10.2. The van der Waals surface area contributed by atoms with Gasteiger partial charge in [-0.05, 0) is 24.6 Å². The summed E-state index contributed by atoms with van der Waals surface area (Å²) >= 11 is 0. The van der Waals surface area contributed by atoms with Gasteiger partial charge in [-0.25, -0.2) is 0 Å². The highest BCUT2D eigenvalue weighted by Crippen LogP contribution is 2.23. The lowest BCUT2D eigenvalue weighted by Crippen LogP contribution is -2.03. The van der Waals surface area contributed by atoms with Crippen molar-refractivity contribution in [3.63, 3.8) is 0 Å². The molecule has 1 aromatic rings. The van der Waals surface area contributed by atoms with Crippen LogP contribution in [0.1, 0.15) is 19.4 Å². The van der Waals surface area contributed by atoms with Gasteiger partial charge in [-0.1, -0.05) is 19.9 Å². The van der Waals surface area contributed by atoms with Crippen LogP contribution in [0.25, 0.3) is 0 Å². The van der Waals surface area contributed by atoms with Gasteiger partial charge < -0.3 is 15.3 Å². The highest BCUT2D eigenvalue weighted by atomic mass is 16.4. The molecule has 1 rings (SSSR count). The minimum Gasteiger partial charge on any atom is -0.504 e. The molecule has 0 unspecified atom stereocenters. The normalized spacial score (nSPS) is 9.33. The van der Waals surface area contributed by atoms with Crippen LogP contribution in [0.5, 0.6) is 11.5 Å². The minimum absolute atomic E-state index is 0.0602. The van der Waals surface area contributed by atoms with Crippen LogP contribution in [-0.2, 0) is 4.79 Å². The molecule has 3 N–H and O–H groups in total. The van der Waals surface area contributed by atoms with Crippen LogP contribution in [0.2, 0.25) is 0 Å². The molecule has 0 heterocycles. The van der Waals surface area contributed by atoms with Gasteiger partial charge in [0.2, 0.25) is 0 Å². The number of aliphatic carboxylic acids is 1. The summed E-state index contributed by atoms with van der Waals surface area (Å²) in [6.07, 6.45) is 0. The van der Waals surface area contributed by atoms with E-state index in [9.17, 15) is 4.79 Å². The SMILES string of the molecule is CC(C)C(=O)O.Cc1ccc(O)c(O)c1. The lowest BCUT2D eigenvalue weighted by Gasteiger charge is -1.95. The molecular weight excluding hydrogens is 196 g/mol. The zero-order chi connectivity index (χ0) is 12.0. The standard InChI is InChI=1S/C7H8O2.C4H8O2/c1-5-2-3-6(8)7(9)4-5;1-3(2)4(5)6/h2-4,8-9H,1H3;3H,1-2H3,(H,5,6). The minimum atomic E-state index is -0.741. The summed E-state index contributed by atoms with van der Waals surface area (Å²) in [5.41, 5.74) is 0.935. The Morgan fingerprint density at radius 1 is 1.20 bits per heavy atom. The molecule has 84 valence electrons. The van der Waals surface area contributed by atoms with E-state index in [1.165, 1.54) is 12.1 Å². The number of hydrogen-bond acceptors (Lipinski definition) is 3. The van der Waals surface area contributed by atoms with E-state index < -0.39 is 5.97 Å². The number of carboxylic acids is 1. The molecule has 0 bridgehead atoms. The van der Waals surface area contributed by atoms with Crippen LogP contribution in [0.3, 0.4) is 0 Å². The fourth-order valence-electron chi connectivity index (χ4n) is 0.633. The molecule has 0 fully saturated rings. The highest BCUT2D eigenvalue weighted by molar-refractivity contribution is 5.68. The number of phenolic OH excluding ortho intramolecular Hbond substituents is 2. The zero-order valence-electron chi connectivity index (χ0n) is 9.06. The largest absolute Gasteiger partial charge is 0.504 e. The van der Waals surface area contributed by atoms with Crippen LogP contribution in [0.15, 0.2) is 18.2 Å². The topological polar surface area (TPSA) is 77.8 Å². The third-order valence-electron chi connectivity index (χ3n) is 1.62. The Hall–Kier alpha value is -1.71. The molecule has 0 aliphatic rings. The van der Waals surface area contributed by atoms with Gasteiger partial charge in [-0.15, -0.1) is 0 Å². The van der Waals surface area contributed by atoms with Crippen molar-refractivity contribution in [2.24, 2.45) is 5.92 Å². The summed E-state index contributed by atoms with van der Waals surface area (Å²) in [6.45, 7) is 5.13. The van der Waals surface area contributed by atoms with Gasteiger partial charge in [0.1, 0.15) is 0 Å². The number of aromatic hydroxyl groups is 2. The summed E-state index contributed by atoms with van der Waals surface area (Å²) in [5.74, 6) is -1.10. The first kappa shape index (κ1) is 13.3. The maximum atomic E-state index is 9.70. The van der Waals surface area contributed by atoms with Crippen molar-refractivity contribution in [1.82, 2.24) is 0 Å². The first-order valence-electron chi connectivity index (χ1n) is 4.56. The Morgan fingerprint density at radius 3 is 1.93 bits per heavy atom. The van der Waals surface area contributed by atoms with E-state index in [0.717, 1.165) is 5.56 Å². The van der Waals surface area contributed by atoms with Crippen LogP contribution in [0.4, 0.5) is 0 Å². The summed E-state index contributed by atoms with van der Waals surface area (Å²) in [6, 6.07) is 4.70. The van der Waals surface area contributed by atoms with Crippen molar-refractivity contribution in [1.29, 1.82) is 0 Å². The number of benzene rings is 1. The maximum Gasteiger partial charge on any atom is 0.305 e. The van der Waals surface area contributed by atoms with E-state index in [4.69, 9.17) is 15.3 Å². The number of hydrogen-bond donors (Lipinski definition) is 3. The van der Waals surface area contributed by atoms with Gasteiger partial charge >= 0.3 is 5.97 Å². The third-order valence-corrected chi connectivity index (χ3v) is 1.62.